The van der Waals surface area contributed by atoms with Gasteiger partial charge in [0, 0.05) is 24.6 Å². The molecular formula is C31H36Cl2N4O6. The van der Waals surface area contributed by atoms with Crippen molar-refractivity contribution in [2.45, 2.75) is 65.0 Å². The van der Waals surface area contributed by atoms with Crippen LogP contribution in [0.25, 0.3) is 0 Å². The standard InChI is InChI=1S/C31H36Cl2N4O6/c1-30(2)19(13-14-31(30,3)29(43)37-15-5-8-23(37)25(34)38)26(39)36-22(28(41)42)16-17-9-11-18(12-10-17)35-27(40)24-20(32)6-4-7-21(24)33/h4,6-7,9-12,19,22-23H,5,8,13-16H2,1-3H3,(H2,34,38)(H,35,40)(H,36,39)(H,41,42). The number of likely N-dealkylation sites (tertiary alicyclic amines) is 1. The lowest BCUT2D eigenvalue weighted by Gasteiger charge is -2.43. The molecule has 2 aromatic rings. The van der Waals surface area contributed by atoms with Gasteiger partial charge in [0.2, 0.25) is 17.7 Å². The molecule has 2 fully saturated rings. The first kappa shape index (κ1) is 32.3. The van der Waals surface area contributed by atoms with E-state index in [-0.39, 0.29) is 27.9 Å². The zero-order valence-corrected chi connectivity index (χ0v) is 25.8. The van der Waals surface area contributed by atoms with E-state index in [0.717, 1.165) is 0 Å². The predicted octanol–water partition coefficient (Wildman–Crippen LogP) is 4.28. The van der Waals surface area contributed by atoms with Crippen LogP contribution in [0.3, 0.4) is 0 Å². The number of nitrogens with zero attached hydrogens (tertiary/aromatic N) is 1. The quantitative estimate of drug-likeness (QED) is 0.324. The Balaban J connectivity index is 1.42. The second-order valence-electron chi connectivity index (χ2n) is 12.1. The van der Waals surface area contributed by atoms with Gasteiger partial charge in [-0.2, -0.15) is 0 Å². The number of hydrogen-bond acceptors (Lipinski definition) is 5. The van der Waals surface area contributed by atoms with E-state index in [1.54, 1.807) is 47.4 Å². The third-order valence-electron chi connectivity index (χ3n) is 9.31. The maximum absolute atomic E-state index is 13.7. The van der Waals surface area contributed by atoms with E-state index in [2.05, 4.69) is 10.6 Å². The first-order valence-corrected chi connectivity index (χ1v) is 14.9. The van der Waals surface area contributed by atoms with Gasteiger partial charge in [-0.3, -0.25) is 19.2 Å². The summed E-state index contributed by atoms with van der Waals surface area (Å²) in [6, 6.07) is 9.44. The number of carboxylic acid groups (broad SMARTS) is 1. The number of carbonyl (C=O) groups is 5. The Morgan fingerprint density at radius 2 is 1.65 bits per heavy atom. The Hall–Kier alpha value is -3.63. The van der Waals surface area contributed by atoms with Crippen LogP contribution in [0.1, 0.15) is 62.4 Å². The van der Waals surface area contributed by atoms with Crippen LogP contribution in [0.2, 0.25) is 10.0 Å². The maximum atomic E-state index is 13.7. The number of amides is 4. The molecule has 1 saturated carbocycles. The molecule has 43 heavy (non-hydrogen) atoms. The first-order chi connectivity index (χ1) is 20.2. The van der Waals surface area contributed by atoms with E-state index in [9.17, 15) is 29.1 Å². The minimum atomic E-state index is -1.22. The smallest absolute Gasteiger partial charge is 0.326 e. The van der Waals surface area contributed by atoms with E-state index in [1.807, 2.05) is 20.8 Å². The molecule has 1 aliphatic carbocycles. The first-order valence-electron chi connectivity index (χ1n) is 14.1. The highest BCUT2D eigenvalue weighted by Gasteiger charge is 2.60. The van der Waals surface area contributed by atoms with Crippen LogP contribution >= 0.6 is 23.2 Å². The van der Waals surface area contributed by atoms with Gasteiger partial charge in [0.05, 0.1) is 21.0 Å². The summed E-state index contributed by atoms with van der Waals surface area (Å²) in [4.78, 5) is 65.5. The van der Waals surface area contributed by atoms with Crippen molar-refractivity contribution in [3.8, 4) is 0 Å². The van der Waals surface area contributed by atoms with Gasteiger partial charge in [-0.05, 0) is 60.9 Å². The lowest BCUT2D eigenvalue weighted by molar-refractivity contribution is -0.152. The molecule has 1 aliphatic heterocycles. The number of carboxylic acids is 1. The number of aliphatic carboxylic acids is 1. The Labute approximate surface area is 260 Å². The van der Waals surface area contributed by atoms with Gasteiger partial charge in [0.15, 0.2) is 0 Å². The number of primary amides is 1. The number of anilines is 1. The van der Waals surface area contributed by atoms with Crippen LogP contribution in [0.15, 0.2) is 42.5 Å². The highest BCUT2D eigenvalue weighted by Crippen LogP contribution is 2.57. The molecule has 230 valence electrons. The number of nitrogens with one attached hydrogen (secondary N) is 2. The van der Waals surface area contributed by atoms with E-state index < -0.39 is 52.5 Å². The Bertz CT molecular complexity index is 1430. The van der Waals surface area contributed by atoms with Gasteiger partial charge in [0.25, 0.3) is 5.91 Å². The third kappa shape index (κ3) is 6.35. The SMILES string of the molecule is CC1(C(=O)N2CCCC2C(N)=O)CCC(C(=O)NC(Cc2ccc(NC(=O)c3c(Cl)cccc3Cl)cc2)C(=O)O)C1(C)C. The third-order valence-corrected chi connectivity index (χ3v) is 9.94. The average Bonchev–Trinajstić information content (AvgIpc) is 3.52. The van der Waals surface area contributed by atoms with Crippen LogP contribution in [0.5, 0.6) is 0 Å². The van der Waals surface area contributed by atoms with E-state index >= 15 is 0 Å². The molecule has 2 aromatic carbocycles. The van der Waals surface area contributed by atoms with Gasteiger partial charge in [-0.15, -0.1) is 0 Å². The lowest BCUT2D eigenvalue weighted by Crippen LogP contribution is -2.55. The van der Waals surface area contributed by atoms with Gasteiger partial charge < -0.3 is 26.4 Å². The zero-order valence-electron chi connectivity index (χ0n) is 24.3. The van der Waals surface area contributed by atoms with E-state index in [4.69, 9.17) is 28.9 Å². The largest absolute Gasteiger partial charge is 0.480 e. The minimum absolute atomic E-state index is 0.00303. The van der Waals surface area contributed by atoms with Crippen LogP contribution in [0, 0.1) is 16.7 Å². The summed E-state index contributed by atoms with van der Waals surface area (Å²) >= 11 is 12.2. The minimum Gasteiger partial charge on any atom is -0.480 e. The van der Waals surface area contributed by atoms with Crippen LogP contribution in [0.4, 0.5) is 5.69 Å². The molecule has 0 spiro atoms. The summed E-state index contributed by atoms with van der Waals surface area (Å²) in [6.45, 7) is 5.94. The van der Waals surface area contributed by atoms with Crippen molar-refractivity contribution >= 4 is 58.5 Å². The fourth-order valence-corrected chi connectivity index (χ4v) is 6.87. The molecule has 10 nitrogen and oxygen atoms in total. The summed E-state index contributed by atoms with van der Waals surface area (Å²) in [6.07, 6.45) is 2.02. The van der Waals surface area contributed by atoms with Gasteiger partial charge in [-0.25, -0.2) is 4.79 Å². The molecule has 4 rings (SSSR count). The Kier molecular flexibility index (Phi) is 9.42. The van der Waals surface area contributed by atoms with Gasteiger partial charge >= 0.3 is 5.97 Å². The topological polar surface area (TPSA) is 159 Å². The molecule has 2 aliphatic rings. The second kappa shape index (κ2) is 12.5. The fraction of sp³-hybridized carbons (Fsp3) is 0.452. The molecule has 4 atom stereocenters. The van der Waals surface area contributed by atoms with E-state index in [1.165, 1.54) is 0 Å². The Morgan fingerprint density at radius 3 is 2.23 bits per heavy atom. The monoisotopic (exact) mass is 630 g/mol. The lowest BCUT2D eigenvalue weighted by atomic mass is 9.64. The molecule has 0 aromatic heterocycles. The van der Waals surface area contributed by atoms with Crippen molar-refractivity contribution in [1.82, 2.24) is 10.2 Å². The van der Waals surface area contributed by atoms with Crippen LogP contribution in [-0.2, 0) is 25.6 Å². The number of carbonyl (C=O) groups excluding carboxylic acids is 4. The maximum Gasteiger partial charge on any atom is 0.326 e. The molecule has 1 saturated heterocycles. The molecule has 12 heteroatoms. The van der Waals surface area contributed by atoms with Crippen molar-refractivity contribution in [3.05, 3.63) is 63.6 Å². The molecular weight excluding hydrogens is 595 g/mol. The molecule has 5 N–H and O–H groups in total. The van der Waals surface area contributed by atoms with Crippen molar-refractivity contribution < 1.29 is 29.1 Å². The molecule has 0 radical (unpaired) electrons. The summed E-state index contributed by atoms with van der Waals surface area (Å²) in [7, 11) is 0. The summed E-state index contributed by atoms with van der Waals surface area (Å²) in [5.41, 5.74) is 5.02. The number of hydrogen-bond donors (Lipinski definition) is 4. The number of rotatable bonds is 9. The number of benzene rings is 2. The summed E-state index contributed by atoms with van der Waals surface area (Å²) in [5.74, 6) is -3.49. The molecule has 4 amide bonds. The van der Waals surface area contributed by atoms with Crippen molar-refractivity contribution in [2.75, 3.05) is 11.9 Å². The number of nitrogens with two attached hydrogens (primary N) is 1. The predicted molar refractivity (Wildman–Crippen MR) is 163 cm³/mol. The van der Waals surface area contributed by atoms with Crippen LogP contribution in [-0.4, -0.2) is 58.2 Å². The van der Waals surface area contributed by atoms with Gasteiger partial charge in [0.1, 0.15) is 12.1 Å². The van der Waals surface area contributed by atoms with Crippen molar-refractivity contribution in [3.63, 3.8) is 0 Å². The second-order valence-corrected chi connectivity index (χ2v) is 12.9. The Morgan fingerprint density at radius 1 is 1.02 bits per heavy atom. The highest BCUT2D eigenvalue weighted by molar-refractivity contribution is 6.40. The normalized spacial score (nSPS) is 23.4. The fourth-order valence-electron chi connectivity index (χ4n) is 6.31. The molecule has 0 bridgehead atoms. The highest BCUT2D eigenvalue weighted by atomic mass is 35.5. The average molecular weight is 632 g/mol. The van der Waals surface area contributed by atoms with E-state index in [0.29, 0.717) is 43.5 Å². The van der Waals surface area contributed by atoms with Crippen molar-refractivity contribution in [1.29, 1.82) is 0 Å². The zero-order chi connectivity index (χ0) is 31.7. The van der Waals surface area contributed by atoms with Crippen molar-refractivity contribution in [2.24, 2.45) is 22.5 Å². The van der Waals surface area contributed by atoms with Gasteiger partial charge in [-0.1, -0.05) is 62.2 Å². The molecule has 1 heterocycles. The summed E-state index contributed by atoms with van der Waals surface area (Å²) < 4.78 is 0. The van der Waals surface area contributed by atoms with Crippen LogP contribution < -0.4 is 16.4 Å². The number of halogens is 2. The molecule has 4 unspecified atom stereocenters. The summed E-state index contributed by atoms with van der Waals surface area (Å²) in [5, 5.41) is 15.7.